The molecule has 0 unspecified atom stereocenters. The molecule has 0 radical (unpaired) electrons. The fraction of sp³-hybridized carbons (Fsp3) is 0.158. The summed E-state index contributed by atoms with van der Waals surface area (Å²) in [5.74, 6) is 0.122. The number of amides is 1. The first-order valence-electron chi connectivity index (χ1n) is 8.41. The molecule has 0 bridgehead atoms. The smallest absolute Gasteiger partial charge is 0.253 e. The molecule has 2 heterocycles. The summed E-state index contributed by atoms with van der Waals surface area (Å²) in [6.07, 6.45) is 0.625. The van der Waals surface area contributed by atoms with Crippen molar-refractivity contribution < 1.29 is 4.79 Å². The van der Waals surface area contributed by atoms with Crippen LogP contribution in [-0.4, -0.2) is 26.6 Å². The van der Waals surface area contributed by atoms with E-state index < -0.39 is 0 Å². The number of nitrogen functional groups attached to an aromatic ring is 1. The lowest BCUT2D eigenvalue weighted by atomic mass is 10.1. The van der Waals surface area contributed by atoms with Gasteiger partial charge in [-0.2, -0.15) is 5.26 Å². The van der Waals surface area contributed by atoms with E-state index in [0.29, 0.717) is 17.8 Å². The van der Waals surface area contributed by atoms with Crippen LogP contribution in [0.15, 0.2) is 46.3 Å². The molecule has 0 fully saturated rings. The molecule has 5 N–H and O–H groups in total. The Morgan fingerprint density at radius 3 is 2.75 bits per heavy atom. The second-order valence-corrected chi connectivity index (χ2v) is 7.03. The van der Waals surface area contributed by atoms with Crippen LogP contribution in [0.25, 0.3) is 0 Å². The van der Waals surface area contributed by atoms with Crippen LogP contribution in [0.2, 0.25) is 0 Å². The minimum Gasteiger partial charge on any atom is -0.383 e. The van der Waals surface area contributed by atoms with Gasteiger partial charge in [-0.05, 0) is 18.1 Å². The molecule has 0 aliphatic heterocycles. The van der Waals surface area contributed by atoms with Gasteiger partial charge in [0.2, 0.25) is 5.91 Å². The molecule has 1 amide bonds. The van der Waals surface area contributed by atoms with Crippen molar-refractivity contribution in [1.29, 1.82) is 5.26 Å². The molecule has 0 atom stereocenters. The molecule has 3 rings (SSSR count). The van der Waals surface area contributed by atoms with Gasteiger partial charge in [0.1, 0.15) is 17.7 Å². The first-order valence-corrected chi connectivity index (χ1v) is 9.39. The van der Waals surface area contributed by atoms with E-state index in [-0.39, 0.29) is 28.2 Å². The number of hydrogen-bond donors (Lipinski definition) is 4. The van der Waals surface area contributed by atoms with E-state index in [2.05, 4.69) is 26.3 Å². The highest BCUT2D eigenvalue weighted by Gasteiger charge is 2.16. The van der Waals surface area contributed by atoms with Crippen LogP contribution in [0.1, 0.15) is 22.4 Å². The molecule has 1 aromatic carbocycles. The maximum Gasteiger partial charge on any atom is 0.253 e. The minimum atomic E-state index is -0.382. The number of aromatic amines is 2. The van der Waals surface area contributed by atoms with Crippen molar-refractivity contribution in [2.45, 2.75) is 18.5 Å². The molecule has 0 saturated carbocycles. The number of nitrogens with zero attached hydrogens (tertiary/aromatic N) is 2. The Kier molecular flexibility index (Phi) is 5.81. The summed E-state index contributed by atoms with van der Waals surface area (Å²) < 4.78 is 0. The van der Waals surface area contributed by atoms with Crippen molar-refractivity contribution in [1.82, 2.24) is 15.0 Å². The number of aromatic nitrogens is 3. The Balaban J connectivity index is 1.70. The lowest BCUT2D eigenvalue weighted by Crippen LogP contribution is -2.16. The van der Waals surface area contributed by atoms with Crippen LogP contribution in [0.4, 0.5) is 11.6 Å². The Morgan fingerprint density at radius 2 is 2.07 bits per heavy atom. The van der Waals surface area contributed by atoms with Crippen LogP contribution in [-0.2, 0) is 11.2 Å². The number of nitrogens with one attached hydrogen (secondary N) is 3. The zero-order valence-electron chi connectivity index (χ0n) is 15.1. The maximum absolute atomic E-state index is 12.3. The molecule has 9 heteroatoms. The third-order valence-corrected chi connectivity index (χ3v) is 4.91. The summed E-state index contributed by atoms with van der Waals surface area (Å²) in [6, 6.07) is 13.1. The van der Waals surface area contributed by atoms with E-state index in [4.69, 9.17) is 5.73 Å². The molecule has 0 spiro atoms. The summed E-state index contributed by atoms with van der Waals surface area (Å²) in [5.41, 5.74) is 8.31. The van der Waals surface area contributed by atoms with Gasteiger partial charge in [0.15, 0.2) is 5.16 Å². The van der Waals surface area contributed by atoms with Gasteiger partial charge in [-0.15, -0.1) is 0 Å². The van der Waals surface area contributed by atoms with Crippen molar-refractivity contribution >= 4 is 29.3 Å². The van der Waals surface area contributed by atoms with Gasteiger partial charge in [0.25, 0.3) is 5.56 Å². The van der Waals surface area contributed by atoms with Gasteiger partial charge in [-0.3, -0.25) is 9.59 Å². The summed E-state index contributed by atoms with van der Waals surface area (Å²) in [7, 11) is 0. The number of carbonyl (C=O) groups is 1. The van der Waals surface area contributed by atoms with E-state index in [9.17, 15) is 14.9 Å². The summed E-state index contributed by atoms with van der Waals surface area (Å²) in [6.45, 7) is 1.85. The molecule has 0 aliphatic carbocycles. The molecule has 3 aromatic rings. The van der Waals surface area contributed by atoms with Crippen molar-refractivity contribution in [3.05, 3.63) is 69.1 Å². The molecule has 0 aliphatic rings. The lowest BCUT2D eigenvalue weighted by molar-refractivity contribution is -0.113. The van der Waals surface area contributed by atoms with Gasteiger partial charge < -0.3 is 21.0 Å². The summed E-state index contributed by atoms with van der Waals surface area (Å²) in [5, 5.41) is 12.4. The zero-order valence-corrected chi connectivity index (χ0v) is 15.9. The van der Waals surface area contributed by atoms with Crippen LogP contribution in [0, 0.1) is 18.3 Å². The number of carbonyl (C=O) groups excluding carboxylic acids is 1. The topological polar surface area (TPSA) is 140 Å². The highest BCUT2D eigenvalue weighted by Crippen LogP contribution is 2.24. The number of rotatable bonds is 6. The van der Waals surface area contributed by atoms with E-state index in [1.807, 2.05) is 37.3 Å². The second-order valence-electron chi connectivity index (χ2n) is 6.06. The van der Waals surface area contributed by atoms with E-state index in [0.717, 1.165) is 28.6 Å². The normalized spacial score (nSPS) is 10.4. The Morgan fingerprint density at radius 1 is 1.32 bits per heavy atom. The fourth-order valence-electron chi connectivity index (χ4n) is 2.69. The van der Waals surface area contributed by atoms with Gasteiger partial charge in [0.05, 0.1) is 11.3 Å². The third kappa shape index (κ3) is 4.61. The van der Waals surface area contributed by atoms with Crippen molar-refractivity contribution in [3.8, 4) is 6.07 Å². The monoisotopic (exact) mass is 394 g/mol. The van der Waals surface area contributed by atoms with Crippen molar-refractivity contribution in [2.24, 2.45) is 0 Å². The Labute approximate surface area is 165 Å². The average molecular weight is 394 g/mol. The fourth-order valence-corrected chi connectivity index (χ4v) is 3.37. The van der Waals surface area contributed by atoms with Crippen molar-refractivity contribution in [2.75, 3.05) is 16.8 Å². The number of benzene rings is 1. The van der Waals surface area contributed by atoms with Gasteiger partial charge in [-0.25, -0.2) is 4.98 Å². The zero-order chi connectivity index (χ0) is 20.1. The first-order chi connectivity index (χ1) is 13.5. The van der Waals surface area contributed by atoms with Crippen LogP contribution in [0.5, 0.6) is 0 Å². The predicted octanol–water partition coefficient (Wildman–Crippen LogP) is 2.18. The summed E-state index contributed by atoms with van der Waals surface area (Å²) >= 11 is 1.05. The number of nitrogens with two attached hydrogens (primary N) is 1. The van der Waals surface area contributed by atoms with Crippen molar-refractivity contribution in [3.63, 3.8) is 0 Å². The van der Waals surface area contributed by atoms with Gasteiger partial charge in [-0.1, -0.05) is 42.1 Å². The summed E-state index contributed by atoms with van der Waals surface area (Å²) in [4.78, 5) is 33.3. The highest BCUT2D eigenvalue weighted by molar-refractivity contribution is 7.99. The first kappa shape index (κ1) is 19.3. The molecule has 142 valence electrons. The molecular formula is C19H18N6O2S. The van der Waals surface area contributed by atoms with Crippen LogP contribution >= 0.6 is 11.8 Å². The lowest BCUT2D eigenvalue weighted by Gasteiger charge is -2.04. The number of nitriles is 1. The Hall–Kier alpha value is -3.51. The predicted molar refractivity (Wildman–Crippen MR) is 108 cm³/mol. The standard InChI is InChI=1S/C19H18N6O2S/c1-11-13(9-20)18(22-14(11)7-12-5-3-2-4-6-12)24-17(27)10-28-19-23-15(21)8-16(26)25-19/h2-6,8,22H,7,10H2,1H3,(H,24,27)(H3,21,23,25,26). The molecule has 28 heavy (non-hydrogen) atoms. The van der Waals surface area contributed by atoms with E-state index in [1.165, 1.54) is 6.07 Å². The van der Waals surface area contributed by atoms with Gasteiger partial charge in [0, 0.05) is 18.2 Å². The molecule has 8 nitrogen and oxygen atoms in total. The van der Waals surface area contributed by atoms with E-state index in [1.54, 1.807) is 0 Å². The molecule has 0 saturated heterocycles. The average Bonchev–Trinajstić information content (AvgIpc) is 2.94. The number of thioether (sulfide) groups is 1. The minimum absolute atomic E-state index is 0.00332. The highest BCUT2D eigenvalue weighted by atomic mass is 32.2. The largest absolute Gasteiger partial charge is 0.383 e. The number of anilines is 2. The maximum atomic E-state index is 12.3. The van der Waals surface area contributed by atoms with Crippen LogP contribution < -0.4 is 16.6 Å². The quantitative estimate of drug-likeness (QED) is 0.373. The SMILES string of the molecule is Cc1c(Cc2ccccc2)[nH]c(NC(=O)CSc2nc(N)cc(=O)[nH]2)c1C#N. The molecular weight excluding hydrogens is 376 g/mol. The number of hydrogen-bond acceptors (Lipinski definition) is 6. The van der Waals surface area contributed by atoms with Gasteiger partial charge >= 0.3 is 0 Å². The van der Waals surface area contributed by atoms with E-state index >= 15 is 0 Å². The number of H-pyrrole nitrogens is 2. The second kappa shape index (κ2) is 8.45. The van der Waals surface area contributed by atoms with Crippen LogP contribution in [0.3, 0.4) is 0 Å². The Bertz CT molecular complexity index is 1100. The molecule has 2 aromatic heterocycles. The third-order valence-electron chi connectivity index (χ3n) is 4.03.